The van der Waals surface area contributed by atoms with E-state index in [9.17, 15) is 9.59 Å². The zero-order valence-corrected chi connectivity index (χ0v) is 16.6. The van der Waals surface area contributed by atoms with Crippen molar-refractivity contribution in [3.63, 3.8) is 0 Å². The van der Waals surface area contributed by atoms with Crippen LogP contribution in [0, 0.1) is 0 Å². The van der Waals surface area contributed by atoms with Gasteiger partial charge in [-0.25, -0.2) is 0 Å². The number of methoxy groups -OCH3 is 1. The standard InChI is InChI=1S/C22H27N3O3/c1-5-25(15-16(2)3)21(26)14-23-18-8-6-17(7-9-18)22(27)24-19-10-12-20(28-4)13-11-19/h6-13,23H,2,5,14-15H2,1,3-4H3,(H,24,27). The first-order valence-electron chi connectivity index (χ1n) is 9.14. The first-order valence-corrected chi connectivity index (χ1v) is 9.14. The first kappa shape index (κ1) is 21.0. The van der Waals surface area contributed by atoms with Crippen LogP contribution in [0.1, 0.15) is 24.2 Å². The van der Waals surface area contributed by atoms with E-state index in [2.05, 4.69) is 17.2 Å². The predicted molar refractivity (Wildman–Crippen MR) is 113 cm³/mol. The van der Waals surface area contributed by atoms with Crippen molar-refractivity contribution in [2.45, 2.75) is 13.8 Å². The molecule has 2 amide bonds. The Morgan fingerprint density at radius 2 is 1.64 bits per heavy atom. The molecule has 148 valence electrons. The van der Waals surface area contributed by atoms with Gasteiger partial charge in [-0.15, -0.1) is 0 Å². The molecule has 0 atom stereocenters. The van der Waals surface area contributed by atoms with Crippen LogP contribution in [0.3, 0.4) is 0 Å². The average Bonchev–Trinajstić information content (AvgIpc) is 2.71. The van der Waals surface area contributed by atoms with Crippen molar-refractivity contribution in [3.8, 4) is 5.75 Å². The quantitative estimate of drug-likeness (QED) is 0.649. The highest BCUT2D eigenvalue weighted by Gasteiger charge is 2.11. The van der Waals surface area contributed by atoms with Gasteiger partial charge in [0, 0.05) is 30.0 Å². The van der Waals surface area contributed by atoms with Crippen molar-refractivity contribution in [1.29, 1.82) is 0 Å². The van der Waals surface area contributed by atoms with E-state index in [1.165, 1.54) is 0 Å². The summed E-state index contributed by atoms with van der Waals surface area (Å²) in [7, 11) is 1.59. The van der Waals surface area contributed by atoms with Gasteiger partial charge in [-0.05, 0) is 62.4 Å². The molecule has 0 spiro atoms. The monoisotopic (exact) mass is 381 g/mol. The second-order valence-electron chi connectivity index (χ2n) is 6.48. The summed E-state index contributed by atoms with van der Waals surface area (Å²) in [6.07, 6.45) is 0. The molecule has 0 aliphatic rings. The molecule has 6 heteroatoms. The molecule has 28 heavy (non-hydrogen) atoms. The van der Waals surface area contributed by atoms with Crippen LogP contribution in [0.5, 0.6) is 5.75 Å². The molecule has 0 heterocycles. The molecule has 0 saturated carbocycles. The SMILES string of the molecule is C=C(C)CN(CC)C(=O)CNc1ccc(C(=O)Nc2ccc(OC)cc2)cc1. The van der Waals surface area contributed by atoms with Crippen molar-refractivity contribution in [2.75, 3.05) is 37.4 Å². The number of likely N-dealkylation sites (N-methyl/N-ethyl adjacent to an activating group) is 1. The van der Waals surface area contributed by atoms with Crippen LogP contribution in [-0.4, -0.2) is 43.5 Å². The number of benzene rings is 2. The fraction of sp³-hybridized carbons (Fsp3) is 0.273. The minimum Gasteiger partial charge on any atom is -0.497 e. The number of anilines is 2. The van der Waals surface area contributed by atoms with Crippen molar-refractivity contribution >= 4 is 23.2 Å². The maximum Gasteiger partial charge on any atom is 0.255 e. The summed E-state index contributed by atoms with van der Waals surface area (Å²) in [5, 5.41) is 5.93. The van der Waals surface area contributed by atoms with E-state index in [-0.39, 0.29) is 18.4 Å². The minimum absolute atomic E-state index is 0.00632. The number of hydrogen-bond acceptors (Lipinski definition) is 4. The summed E-state index contributed by atoms with van der Waals surface area (Å²) >= 11 is 0. The van der Waals surface area contributed by atoms with Crippen LogP contribution < -0.4 is 15.4 Å². The van der Waals surface area contributed by atoms with E-state index in [1.807, 2.05) is 13.8 Å². The maximum atomic E-state index is 12.3. The number of carbonyl (C=O) groups excluding carboxylic acids is 2. The van der Waals surface area contributed by atoms with Crippen LogP contribution in [0.25, 0.3) is 0 Å². The van der Waals surface area contributed by atoms with E-state index in [4.69, 9.17) is 4.74 Å². The van der Waals surface area contributed by atoms with Crippen LogP contribution in [-0.2, 0) is 4.79 Å². The topological polar surface area (TPSA) is 70.7 Å². The van der Waals surface area contributed by atoms with E-state index < -0.39 is 0 Å². The van der Waals surface area contributed by atoms with Gasteiger partial charge >= 0.3 is 0 Å². The molecule has 0 aliphatic carbocycles. The van der Waals surface area contributed by atoms with E-state index >= 15 is 0 Å². The third kappa shape index (κ3) is 6.16. The van der Waals surface area contributed by atoms with Gasteiger partial charge in [-0.2, -0.15) is 0 Å². The van der Waals surface area contributed by atoms with E-state index in [1.54, 1.807) is 60.5 Å². The highest BCUT2D eigenvalue weighted by Crippen LogP contribution is 2.16. The number of carbonyl (C=O) groups is 2. The Morgan fingerprint density at radius 3 is 2.18 bits per heavy atom. The van der Waals surface area contributed by atoms with Crippen LogP contribution in [0.2, 0.25) is 0 Å². The lowest BCUT2D eigenvalue weighted by Crippen LogP contribution is -2.36. The lowest BCUT2D eigenvalue weighted by molar-refractivity contribution is -0.128. The minimum atomic E-state index is -0.202. The molecule has 0 aliphatic heterocycles. The van der Waals surface area contributed by atoms with Gasteiger partial charge in [0.25, 0.3) is 5.91 Å². The highest BCUT2D eigenvalue weighted by molar-refractivity contribution is 6.04. The van der Waals surface area contributed by atoms with Crippen molar-refractivity contribution in [1.82, 2.24) is 4.90 Å². The zero-order chi connectivity index (χ0) is 20.5. The van der Waals surface area contributed by atoms with Gasteiger partial charge in [0.1, 0.15) is 5.75 Å². The molecule has 0 fully saturated rings. The molecule has 2 N–H and O–H groups in total. The number of amides is 2. The largest absolute Gasteiger partial charge is 0.497 e. The summed E-state index contributed by atoms with van der Waals surface area (Å²) < 4.78 is 5.10. The summed E-state index contributed by atoms with van der Waals surface area (Å²) in [5.41, 5.74) is 2.95. The van der Waals surface area contributed by atoms with Crippen LogP contribution in [0.4, 0.5) is 11.4 Å². The van der Waals surface area contributed by atoms with Crippen LogP contribution in [0.15, 0.2) is 60.7 Å². The molecule has 0 unspecified atom stereocenters. The third-order valence-corrected chi connectivity index (χ3v) is 4.13. The molecule has 0 bridgehead atoms. The number of rotatable bonds is 9. The molecular weight excluding hydrogens is 354 g/mol. The third-order valence-electron chi connectivity index (χ3n) is 4.13. The Bertz CT molecular complexity index is 814. The van der Waals surface area contributed by atoms with Crippen molar-refractivity contribution in [3.05, 3.63) is 66.2 Å². The zero-order valence-electron chi connectivity index (χ0n) is 16.6. The molecule has 0 radical (unpaired) electrons. The van der Waals surface area contributed by atoms with Gasteiger partial charge in [0.2, 0.25) is 5.91 Å². The van der Waals surface area contributed by atoms with Gasteiger partial charge < -0.3 is 20.3 Å². The number of hydrogen-bond donors (Lipinski definition) is 2. The second-order valence-corrected chi connectivity index (χ2v) is 6.48. The Kier molecular flexibility index (Phi) is 7.63. The summed E-state index contributed by atoms with van der Waals surface area (Å²) in [5.74, 6) is 0.533. The maximum absolute atomic E-state index is 12.3. The van der Waals surface area contributed by atoms with Gasteiger partial charge in [0.15, 0.2) is 0 Å². The molecule has 0 saturated heterocycles. The molecule has 2 aromatic rings. The van der Waals surface area contributed by atoms with Gasteiger partial charge in [-0.3, -0.25) is 9.59 Å². The fourth-order valence-corrected chi connectivity index (χ4v) is 2.61. The van der Waals surface area contributed by atoms with Crippen LogP contribution >= 0.6 is 0 Å². The van der Waals surface area contributed by atoms with Gasteiger partial charge in [-0.1, -0.05) is 12.2 Å². The van der Waals surface area contributed by atoms with E-state index in [0.29, 0.717) is 24.3 Å². The highest BCUT2D eigenvalue weighted by atomic mass is 16.5. The fourth-order valence-electron chi connectivity index (χ4n) is 2.61. The lowest BCUT2D eigenvalue weighted by Gasteiger charge is -2.21. The van der Waals surface area contributed by atoms with Crippen molar-refractivity contribution < 1.29 is 14.3 Å². The summed E-state index contributed by atoms with van der Waals surface area (Å²) in [4.78, 5) is 26.3. The Labute approximate surface area is 166 Å². The number of ether oxygens (including phenoxy) is 1. The van der Waals surface area contributed by atoms with Gasteiger partial charge in [0.05, 0.1) is 13.7 Å². The summed E-state index contributed by atoms with van der Waals surface area (Å²) in [6.45, 7) is 9.08. The molecule has 2 rings (SSSR count). The Hall–Kier alpha value is -3.28. The second kappa shape index (κ2) is 10.2. The number of nitrogens with zero attached hydrogens (tertiary/aromatic N) is 1. The average molecular weight is 381 g/mol. The Balaban J connectivity index is 1.90. The molecule has 2 aromatic carbocycles. The molecular formula is C22H27N3O3. The summed E-state index contributed by atoms with van der Waals surface area (Å²) in [6, 6.07) is 14.1. The number of nitrogens with one attached hydrogen (secondary N) is 2. The predicted octanol–water partition coefficient (Wildman–Crippen LogP) is 3.78. The first-order chi connectivity index (χ1) is 13.4. The molecule has 6 nitrogen and oxygen atoms in total. The smallest absolute Gasteiger partial charge is 0.255 e. The lowest BCUT2D eigenvalue weighted by atomic mass is 10.2. The van der Waals surface area contributed by atoms with E-state index in [0.717, 1.165) is 17.0 Å². The Morgan fingerprint density at radius 1 is 1.04 bits per heavy atom. The molecule has 0 aromatic heterocycles. The normalized spacial score (nSPS) is 10.1. The van der Waals surface area contributed by atoms with Crippen molar-refractivity contribution in [2.24, 2.45) is 0 Å².